The van der Waals surface area contributed by atoms with E-state index in [2.05, 4.69) is 5.32 Å². The van der Waals surface area contributed by atoms with Gasteiger partial charge in [-0.15, -0.1) is 0 Å². The number of methoxy groups -OCH3 is 3. The van der Waals surface area contributed by atoms with Crippen molar-refractivity contribution in [1.29, 1.82) is 0 Å². The van der Waals surface area contributed by atoms with E-state index in [9.17, 15) is 19.2 Å². The molecule has 2 aliphatic heterocycles. The molecule has 0 saturated carbocycles. The predicted octanol–water partition coefficient (Wildman–Crippen LogP) is 5.52. The van der Waals surface area contributed by atoms with Gasteiger partial charge in [0.2, 0.25) is 17.7 Å². The summed E-state index contributed by atoms with van der Waals surface area (Å²) in [6.07, 6.45) is 0. The lowest BCUT2D eigenvalue weighted by atomic mass is 9.83. The lowest BCUT2D eigenvalue weighted by Crippen LogP contribution is -2.33. The first-order valence-corrected chi connectivity index (χ1v) is 16.4. The molecule has 1 N–H and O–H groups in total. The number of nitrogens with zero attached hydrogens (tertiary/aromatic N) is 2. The van der Waals surface area contributed by atoms with Crippen molar-refractivity contribution in [3.63, 3.8) is 0 Å². The number of ether oxygens (including phenoxy) is 3. The van der Waals surface area contributed by atoms with Gasteiger partial charge in [0.15, 0.2) is 11.5 Å². The minimum absolute atomic E-state index is 0.263. The summed E-state index contributed by atoms with van der Waals surface area (Å²) in [4.78, 5) is 56.8. The number of imide groups is 1. The van der Waals surface area contributed by atoms with Gasteiger partial charge in [0.05, 0.1) is 38.0 Å². The summed E-state index contributed by atoms with van der Waals surface area (Å²) in [5.74, 6) is -1.07. The van der Waals surface area contributed by atoms with E-state index >= 15 is 0 Å². The van der Waals surface area contributed by atoms with Gasteiger partial charge in [-0.2, -0.15) is 0 Å². The molecule has 47 heavy (non-hydrogen) atoms. The summed E-state index contributed by atoms with van der Waals surface area (Å²) in [5, 5.41) is 4.46. The van der Waals surface area contributed by atoms with Gasteiger partial charge in [0, 0.05) is 21.9 Å². The molecule has 0 bridgehead atoms. The van der Waals surface area contributed by atoms with Gasteiger partial charge in [-0.25, -0.2) is 4.90 Å². The Morgan fingerprint density at radius 3 is 2.32 bits per heavy atom. The maximum Gasteiger partial charge on any atom is 0.308 e. The van der Waals surface area contributed by atoms with Gasteiger partial charge in [0.1, 0.15) is 17.5 Å². The van der Waals surface area contributed by atoms with Crippen molar-refractivity contribution in [3.8, 4) is 17.2 Å². The van der Waals surface area contributed by atoms with Crippen LogP contribution in [-0.2, 0) is 20.9 Å². The zero-order valence-electron chi connectivity index (χ0n) is 25.6. The van der Waals surface area contributed by atoms with Crippen LogP contribution in [-0.4, -0.2) is 48.9 Å². The molecule has 7 rings (SSSR count). The second-order valence-electron chi connectivity index (χ2n) is 11.1. The van der Waals surface area contributed by atoms with Crippen molar-refractivity contribution < 1.29 is 28.6 Å². The van der Waals surface area contributed by atoms with Crippen LogP contribution in [0, 0.1) is 5.92 Å². The Labute approximate surface area is 277 Å². The number of thioether (sulfide) groups is 1. The third-order valence-corrected chi connectivity index (χ3v) is 11.1. The van der Waals surface area contributed by atoms with Crippen LogP contribution in [0.1, 0.15) is 16.4 Å². The lowest BCUT2D eigenvalue weighted by molar-refractivity contribution is -0.122. The number of fused-ring (bicyclic) bond motifs is 3. The van der Waals surface area contributed by atoms with Crippen molar-refractivity contribution in [2.45, 2.75) is 22.7 Å². The summed E-state index contributed by atoms with van der Waals surface area (Å²) in [6.45, 7) is -0.263. The number of hydrogen-bond donors (Lipinski definition) is 1. The highest BCUT2D eigenvalue weighted by Gasteiger charge is 2.57. The van der Waals surface area contributed by atoms with E-state index in [4.69, 9.17) is 14.2 Å². The number of benzene rings is 4. The summed E-state index contributed by atoms with van der Waals surface area (Å²) in [6, 6.07) is 25.4. The maximum atomic E-state index is 14.2. The largest absolute Gasteiger partial charge is 0.497 e. The minimum Gasteiger partial charge on any atom is -0.497 e. The number of thiazole rings is 1. The molecule has 0 spiro atoms. The SMILES string of the molecule is COc1ccc(N2C(=O)[C@H]3[C@H](c4ccc(OC)c(OC)c4)c4sc(=O)n(CC(=O)Nc5cccc6ccccc56)c4S[C@H]3C2=O)cc1. The number of hydrogen-bond acceptors (Lipinski definition) is 9. The fraction of sp³-hybridized carbons (Fsp3) is 0.200. The van der Waals surface area contributed by atoms with E-state index in [0.29, 0.717) is 44.1 Å². The van der Waals surface area contributed by atoms with E-state index in [1.165, 1.54) is 23.7 Å². The molecule has 1 fully saturated rings. The molecule has 238 valence electrons. The monoisotopic (exact) mass is 667 g/mol. The molecule has 4 aromatic carbocycles. The molecule has 1 aromatic heterocycles. The van der Waals surface area contributed by atoms with Crippen molar-refractivity contribution in [2.24, 2.45) is 5.92 Å². The number of carbonyl (C=O) groups is 3. The van der Waals surface area contributed by atoms with Crippen molar-refractivity contribution in [2.75, 3.05) is 31.5 Å². The first kappa shape index (κ1) is 30.6. The molecule has 3 atom stereocenters. The number of amides is 3. The standard InChI is InChI=1S/C35H29N3O7S2/c1-43-22-14-12-21(13-15-22)38-32(40)29-28(20-11-16-25(44-2)26(17-20)45-3)31-34(46-30(29)33(38)41)37(35(42)47-31)18-27(39)36-24-10-6-8-19-7-4-5-9-23(19)24/h4-17,28-30H,18H2,1-3H3,(H,36,39)/t28-,29-,30+/m0/s1. The highest BCUT2D eigenvalue weighted by atomic mass is 32.2. The minimum atomic E-state index is -0.837. The Morgan fingerprint density at radius 2 is 1.57 bits per heavy atom. The Kier molecular flexibility index (Phi) is 7.98. The van der Waals surface area contributed by atoms with E-state index in [0.717, 1.165) is 33.9 Å². The zero-order valence-corrected chi connectivity index (χ0v) is 27.2. The highest BCUT2D eigenvalue weighted by molar-refractivity contribution is 8.00. The fourth-order valence-corrected chi connectivity index (χ4v) is 9.09. The normalized spacial score (nSPS) is 18.5. The number of nitrogens with one attached hydrogen (secondary N) is 1. The van der Waals surface area contributed by atoms with Gasteiger partial charge in [-0.3, -0.25) is 23.7 Å². The predicted molar refractivity (Wildman–Crippen MR) is 181 cm³/mol. The first-order valence-electron chi connectivity index (χ1n) is 14.7. The van der Waals surface area contributed by atoms with Crippen LogP contribution < -0.4 is 29.3 Å². The van der Waals surface area contributed by atoms with Crippen LogP contribution in [0.4, 0.5) is 11.4 Å². The average Bonchev–Trinajstić information content (AvgIpc) is 3.54. The molecule has 0 radical (unpaired) electrons. The highest BCUT2D eigenvalue weighted by Crippen LogP contribution is 2.54. The van der Waals surface area contributed by atoms with Crippen LogP contribution in [0.15, 0.2) is 94.7 Å². The van der Waals surface area contributed by atoms with Gasteiger partial charge in [-0.1, -0.05) is 65.6 Å². The quantitative estimate of drug-likeness (QED) is 0.215. The van der Waals surface area contributed by atoms with Crippen LogP contribution in [0.5, 0.6) is 17.2 Å². The molecule has 2 aliphatic rings. The van der Waals surface area contributed by atoms with Crippen molar-refractivity contribution in [3.05, 3.63) is 105 Å². The first-order chi connectivity index (χ1) is 22.8. The zero-order chi connectivity index (χ0) is 32.8. The second-order valence-corrected chi connectivity index (χ2v) is 13.2. The fourth-order valence-electron chi connectivity index (χ4n) is 6.31. The average molecular weight is 668 g/mol. The third kappa shape index (κ3) is 5.23. The van der Waals surface area contributed by atoms with Gasteiger partial charge in [0.25, 0.3) is 0 Å². The van der Waals surface area contributed by atoms with E-state index < -0.39 is 23.0 Å². The Hall–Kier alpha value is -5.07. The van der Waals surface area contributed by atoms with Crippen molar-refractivity contribution in [1.82, 2.24) is 4.57 Å². The van der Waals surface area contributed by atoms with Crippen LogP contribution in [0.2, 0.25) is 0 Å². The molecule has 0 unspecified atom stereocenters. The Bertz CT molecular complexity index is 2100. The number of aromatic nitrogens is 1. The van der Waals surface area contributed by atoms with Crippen molar-refractivity contribution >= 4 is 63.0 Å². The number of anilines is 2. The molecular formula is C35H29N3O7S2. The molecular weight excluding hydrogens is 639 g/mol. The molecule has 3 heterocycles. The summed E-state index contributed by atoms with van der Waals surface area (Å²) < 4.78 is 17.7. The molecule has 1 saturated heterocycles. The summed E-state index contributed by atoms with van der Waals surface area (Å²) in [7, 11) is 4.59. The molecule has 5 aromatic rings. The summed E-state index contributed by atoms with van der Waals surface area (Å²) in [5.41, 5.74) is 1.75. The third-order valence-electron chi connectivity index (χ3n) is 8.51. The van der Waals surface area contributed by atoms with Gasteiger partial charge < -0.3 is 19.5 Å². The van der Waals surface area contributed by atoms with Gasteiger partial charge >= 0.3 is 4.87 Å². The Balaban J connectivity index is 1.30. The number of rotatable bonds is 8. The van der Waals surface area contributed by atoms with Crippen LogP contribution in [0.3, 0.4) is 0 Å². The lowest BCUT2D eigenvalue weighted by Gasteiger charge is -2.31. The number of carbonyl (C=O) groups excluding carboxylic acids is 3. The van der Waals surface area contributed by atoms with E-state index in [1.807, 2.05) is 48.5 Å². The molecule has 12 heteroatoms. The molecule has 10 nitrogen and oxygen atoms in total. The van der Waals surface area contributed by atoms with E-state index in [1.54, 1.807) is 43.5 Å². The van der Waals surface area contributed by atoms with Crippen LogP contribution >= 0.6 is 23.1 Å². The van der Waals surface area contributed by atoms with Crippen LogP contribution in [0.25, 0.3) is 10.8 Å². The smallest absolute Gasteiger partial charge is 0.308 e. The summed E-state index contributed by atoms with van der Waals surface area (Å²) >= 11 is 2.14. The maximum absolute atomic E-state index is 14.2. The second kappa shape index (κ2) is 12.3. The Morgan fingerprint density at radius 1 is 0.830 bits per heavy atom. The molecule has 3 amide bonds. The topological polar surface area (TPSA) is 116 Å². The van der Waals surface area contributed by atoms with Gasteiger partial charge in [-0.05, 0) is 53.4 Å². The van der Waals surface area contributed by atoms with E-state index in [-0.39, 0.29) is 23.2 Å². The molecule has 0 aliphatic carbocycles.